The smallest absolute Gasteiger partial charge is 0.416 e. The Morgan fingerprint density at radius 3 is 2.48 bits per heavy atom. The fourth-order valence-corrected chi connectivity index (χ4v) is 2.80. The standard InChI is InChI=1S/C16H17F3N4O2/c1-9-13(11-4-3-10(7-12(11)24)16(17,18)19)21-22-14(20-9)23-6-5-15(2,25)8-23/h3-4,7,24-25H,5-6,8H2,1-2H3/t15-/m0/s1. The number of hydrogen-bond acceptors (Lipinski definition) is 6. The Morgan fingerprint density at radius 1 is 1.24 bits per heavy atom. The number of aromatic hydroxyl groups is 1. The van der Waals surface area contributed by atoms with E-state index in [2.05, 4.69) is 15.2 Å². The van der Waals surface area contributed by atoms with E-state index in [0.29, 0.717) is 37.2 Å². The first-order valence-electron chi connectivity index (χ1n) is 7.66. The average Bonchev–Trinajstić information content (AvgIpc) is 2.87. The summed E-state index contributed by atoms with van der Waals surface area (Å²) in [7, 11) is 0. The Hall–Kier alpha value is -2.42. The minimum absolute atomic E-state index is 0.130. The van der Waals surface area contributed by atoms with Gasteiger partial charge in [0.1, 0.15) is 11.4 Å². The Labute approximate surface area is 142 Å². The zero-order valence-corrected chi connectivity index (χ0v) is 13.7. The van der Waals surface area contributed by atoms with Crippen LogP contribution in [0.1, 0.15) is 24.6 Å². The number of aromatic nitrogens is 3. The van der Waals surface area contributed by atoms with Crippen molar-refractivity contribution in [3.63, 3.8) is 0 Å². The Morgan fingerprint density at radius 2 is 1.96 bits per heavy atom. The number of nitrogens with zero attached hydrogens (tertiary/aromatic N) is 4. The van der Waals surface area contributed by atoms with Crippen LogP contribution in [0.2, 0.25) is 0 Å². The van der Waals surface area contributed by atoms with E-state index >= 15 is 0 Å². The maximum absolute atomic E-state index is 12.7. The lowest BCUT2D eigenvalue weighted by Crippen LogP contribution is -2.30. The summed E-state index contributed by atoms with van der Waals surface area (Å²) in [5.41, 5.74) is -0.997. The van der Waals surface area contributed by atoms with Crippen LogP contribution in [0.5, 0.6) is 5.75 Å². The Kier molecular flexibility index (Phi) is 4.06. The molecule has 1 saturated heterocycles. The highest BCUT2D eigenvalue weighted by Crippen LogP contribution is 2.36. The summed E-state index contributed by atoms with van der Waals surface area (Å²) in [6.45, 7) is 4.32. The lowest BCUT2D eigenvalue weighted by atomic mass is 10.1. The van der Waals surface area contributed by atoms with Crippen LogP contribution in [0.15, 0.2) is 18.2 Å². The zero-order chi connectivity index (χ0) is 18.4. The monoisotopic (exact) mass is 354 g/mol. The van der Waals surface area contributed by atoms with Crippen LogP contribution < -0.4 is 4.90 Å². The van der Waals surface area contributed by atoms with Crippen molar-refractivity contribution < 1.29 is 23.4 Å². The van der Waals surface area contributed by atoms with Gasteiger partial charge >= 0.3 is 6.18 Å². The quantitative estimate of drug-likeness (QED) is 0.862. The molecule has 1 fully saturated rings. The van der Waals surface area contributed by atoms with Crippen molar-refractivity contribution >= 4 is 5.95 Å². The van der Waals surface area contributed by atoms with Crippen LogP contribution in [-0.2, 0) is 6.18 Å². The fourth-order valence-electron chi connectivity index (χ4n) is 2.80. The largest absolute Gasteiger partial charge is 0.507 e. The van der Waals surface area contributed by atoms with Crippen LogP contribution >= 0.6 is 0 Å². The number of β-amino-alcohol motifs (C(OH)–C–C–N with tert-alkyl or cyclic N) is 1. The molecule has 0 amide bonds. The molecule has 2 heterocycles. The summed E-state index contributed by atoms with van der Waals surface area (Å²) in [6.07, 6.45) is -3.96. The van der Waals surface area contributed by atoms with Gasteiger partial charge in [-0.3, -0.25) is 0 Å². The number of aryl methyl sites for hydroxylation is 1. The van der Waals surface area contributed by atoms with Gasteiger partial charge in [0.25, 0.3) is 0 Å². The van der Waals surface area contributed by atoms with Crippen molar-refractivity contribution in [1.29, 1.82) is 0 Å². The second-order valence-electron chi connectivity index (χ2n) is 6.44. The number of aliphatic hydroxyl groups is 1. The molecule has 1 aromatic heterocycles. The van der Waals surface area contributed by atoms with Gasteiger partial charge in [-0.1, -0.05) is 0 Å². The van der Waals surface area contributed by atoms with E-state index in [-0.39, 0.29) is 11.3 Å². The molecule has 2 N–H and O–H groups in total. The highest BCUT2D eigenvalue weighted by Gasteiger charge is 2.33. The molecule has 2 aromatic rings. The molecule has 3 rings (SSSR count). The topological polar surface area (TPSA) is 82.4 Å². The zero-order valence-electron chi connectivity index (χ0n) is 13.7. The van der Waals surface area contributed by atoms with Crippen LogP contribution in [0.25, 0.3) is 11.3 Å². The molecular formula is C16H17F3N4O2. The van der Waals surface area contributed by atoms with Gasteiger partial charge < -0.3 is 15.1 Å². The van der Waals surface area contributed by atoms with Crippen molar-refractivity contribution in [2.24, 2.45) is 0 Å². The van der Waals surface area contributed by atoms with Gasteiger partial charge in [-0.2, -0.15) is 13.2 Å². The molecule has 1 aliphatic rings. The molecule has 1 aliphatic heterocycles. The lowest BCUT2D eigenvalue weighted by Gasteiger charge is -2.19. The molecule has 1 atom stereocenters. The van der Waals surface area contributed by atoms with E-state index in [4.69, 9.17) is 0 Å². The van der Waals surface area contributed by atoms with Crippen molar-refractivity contribution in [2.75, 3.05) is 18.0 Å². The fraction of sp³-hybridized carbons (Fsp3) is 0.438. The van der Waals surface area contributed by atoms with E-state index in [1.807, 2.05) is 0 Å². The third-order valence-corrected chi connectivity index (χ3v) is 4.16. The minimum atomic E-state index is -4.54. The molecule has 0 radical (unpaired) electrons. The second-order valence-corrected chi connectivity index (χ2v) is 6.44. The van der Waals surface area contributed by atoms with Gasteiger partial charge in [0.15, 0.2) is 0 Å². The van der Waals surface area contributed by atoms with Crippen LogP contribution in [-0.4, -0.2) is 44.1 Å². The number of phenols is 1. The number of anilines is 1. The van der Waals surface area contributed by atoms with Crippen LogP contribution in [0.3, 0.4) is 0 Å². The van der Waals surface area contributed by atoms with E-state index in [1.54, 1.807) is 18.7 Å². The third-order valence-electron chi connectivity index (χ3n) is 4.16. The van der Waals surface area contributed by atoms with Crippen molar-refractivity contribution in [3.05, 3.63) is 29.5 Å². The minimum Gasteiger partial charge on any atom is -0.507 e. The molecule has 0 aliphatic carbocycles. The summed E-state index contributed by atoms with van der Waals surface area (Å²) >= 11 is 0. The highest BCUT2D eigenvalue weighted by molar-refractivity contribution is 5.69. The molecule has 0 saturated carbocycles. The Balaban J connectivity index is 1.92. The Bertz CT molecular complexity index is 808. The molecule has 134 valence electrons. The van der Waals surface area contributed by atoms with Gasteiger partial charge in [-0.15, -0.1) is 10.2 Å². The number of hydrogen-bond donors (Lipinski definition) is 2. The molecule has 25 heavy (non-hydrogen) atoms. The summed E-state index contributed by atoms with van der Waals surface area (Å²) < 4.78 is 38.1. The van der Waals surface area contributed by atoms with Gasteiger partial charge in [0.05, 0.1) is 16.9 Å². The first-order valence-corrected chi connectivity index (χ1v) is 7.66. The summed E-state index contributed by atoms with van der Waals surface area (Å²) in [6, 6.07) is 2.68. The maximum atomic E-state index is 12.7. The number of halogens is 3. The van der Waals surface area contributed by atoms with E-state index in [1.165, 1.54) is 0 Å². The van der Waals surface area contributed by atoms with Gasteiger partial charge in [0, 0.05) is 18.7 Å². The predicted octanol–water partition coefficient (Wildman–Crippen LogP) is 2.53. The van der Waals surface area contributed by atoms with Crippen molar-refractivity contribution in [1.82, 2.24) is 15.2 Å². The summed E-state index contributed by atoms with van der Waals surface area (Å²) in [5, 5.41) is 28.0. The summed E-state index contributed by atoms with van der Waals surface area (Å²) in [4.78, 5) is 6.11. The second kappa shape index (κ2) is 5.83. The van der Waals surface area contributed by atoms with Gasteiger partial charge in [0.2, 0.25) is 5.95 Å². The average molecular weight is 354 g/mol. The number of phenolic OH excluding ortho intramolecular Hbond substituents is 1. The van der Waals surface area contributed by atoms with Crippen LogP contribution in [0.4, 0.5) is 19.1 Å². The van der Waals surface area contributed by atoms with E-state index in [9.17, 15) is 23.4 Å². The maximum Gasteiger partial charge on any atom is 0.416 e. The van der Waals surface area contributed by atoms with E-state index in [0.717, 1.165) is 12.1 Å². The molecule has 9 heteroatoms. The molecule has 0 spiro atoms. The SMILES string of the molecule is Cc1nc(N2CC[C@](C)(O)C2)nnc1-c1ccc(C(F)(F)F)cc1O. The van der Waals surface area contributed by atoms with Gasteiger partial charge in [-0.25, -0.2) is 4.98 Å². The summed E-state index contributed by atoms with van der Waals surface area (Å²) in [5.74, 6) is -0.198. The predicted molar refractivity (Wildman–Crippen MR) is 84.1 cm³/mol. The molecule has 0 unspecified atom stereocenters. The molecule has 0 bridgehead atoms. The normalized spacial score (nSPS) is 21.0. The van der Waals surface area contributed by atoms with Crippen LogP contribution in [0, 0.1) is 6.92 Å². The number of rotatable bonds is 2. The molecule has 1 aromatic carbocycles. The number of alkyl halides is 3. The number of benzene rings is 1. The van der Waals surface area contributed by atoms with Crippen molar-refractivity contribution in [2.45, 2.75) is 32.0 Å². The highest BCUT2D eigenvalue weighted by atomic mass is 19.4. The molecule has 6 nitrogen and oxygen atoms in total. The van der Waals surface area contributed by atoms with E-state index < -0.39 is 23.1 Å². The van der Waals surface area contributed by atoms with Gasteiger partial charge in [-0.05, 0) is 38.5 Å². The first-order chi connectivity index (χ1) is 11.6. The molecular weight excluding hydrogens is 337 g/mol. The third kappa shape index (κ3) is 3.51. The van der Waals surface area contributed by atoms with Crippen molar-refractivity contribution in [3.8, 4) is 17.0 Å². The first kappa shape index (κ1) is 17.4. The lowest BCUT2D eigenvalue weighted by molar-refractivity contribution is -0.137.